The van der Waals surface area contributed by atoms with E-state index < -0.39 is 10.0 Å². The zero-order chi connectivity index (χ0) is 21.2. The number of ether oxygens (including phenoxy) is 1. The van der Waals surface area contributed by atoms with Crippen LogP contribution in [0.2, 0.25) is 0 Å². The fourth-order valence-corrected chi connectivity index (χ4v) is 5.31. The van der Waals surface area contributed by atoms with E-state index in [1.54, 1.807) is 20.0 Å². The van der Waals surface area contributed by atoms with Crippen molar-refractivity contribution in [2.45, 2.75) is 44.0 Å². The SMILES string of the molecule is CCN(CC)S(=O)(=O)c1ccc(OC)c(C(=O)NC2CCCc3c2cnn3C)c1. The lowest BCUT2D eigenvalue weighted by atomic mass is 9.92. The van der Waals surface area contributed by atoms with Crippen LogP contribution in [0.4, 0.5) is 0 Å². The van der Waals surface area contributed by atoms with Crippen molar-refractivity contribution in [3.05, 3.63) is 41.2 Å². The standard InChI is InChI=1S/C20H28N4O4S/c1-5-24(6-2)29(26,27)14-10-11-19(28-4)15(12-14)20(25)22-17-8-7-9-18-16(17)13-21-23(18)3/h10-13,17H,5-9H2,1-4H3,(H,22,25). The Hall–Kier alpha value is -2.39. The van der Waals surface area contributed by atoms with Crippen molar-refractivity contribution >= 4 is 15.9 Å². The first-order valence-electron chi connectivity index (χ1n) is 9.83. The summed E-state index contributed by atoms with van der Waals surface area (Å²) in [7, 11) is -0.317. The highest BCUT2D eigenvalue weighted by Gasteiger charge is 2.28. The number of rotatable bonds is 7. The van der Waals surface area contributed by atoms with Crippen LogP contribution in [0.1, 0.15) is 54.3 Å². The van der Waals surface area contributed by atoms with Crippen molar-refractivity contribution in [1.82, 2.24) is 19.4 Å². The van der Waals surface area contributed by atoms with Crippen molar-refractivity contribution in [2.75, 3.05) is 20.2 Å². The number of hydrogen-bond donors (Lipinski definition) is 1. The van der Waals surface area contributed by atoms with Crippen LogP contribution in [0.25, 0.3) is 0 Å². The third-order valence-electron chi connectivity index (χ3n) is 5.44. The van der Waals surface area contributed by atoms with Gasteiger partial charge in [-0.1, -0.05) is 13.8 Å². The summed E-state index contributed by atoms with van der Waals surface area (Å²) >= 11 is 0. The van der Waals surface area contributed by atoms with E-state index in [2.05, 4.69) is 10.4 Å². The molecule has 0 saturated heterocycles. The first-order chi connectivity index (χ1) is 13.8. The van der Waals surface area contributed by atoms with Gasteiger partial charge in [-0.05, 0) is 37.5 Å². The van der Waals surface area contributed by atoms with Gasteiger partial charge in [0, 0.05) is 31.4 Å². The number of aromatic nitrogens is 2. The minimum atomic E-state index is -3.68. The van der Waals surface area contributed by atoms with Crippen LogP contribution in [-0.2, 0) is 23.5 Å². The van der Waals surface area contributed by atoms with Gasteiger partial charge in [-0.15, -0.1) is 0 Å². The van der Waals surface area contributed by atoms with E-state index in [0.717, 1.165) is 30.5 Å². The Labute approximate surface area is 171 Å². The van der Waals surface area contributed by atoms with Crippen molar-refractivity contribution < 1.29 is 17.9 Å². The predicted molar refractivity (Wildman–Crippen MR) is 109 cm³/mol. The second kappa shape index (κ2) is 8.54. The lowest BCUT2D eigenvalue weighted by Crippen LogP contribution is -2.32. The van der Waals surface area contributed by atoms with Crippen molar-refractivity contribution in [1.29, 1.82) is 0 Å². The van der Waals surface area contributed by atoms with Crippen LogP contribution in [0, 0.1) is 0 Å². The number of nitrogens with one attached hydrogen (secondary N) is 1. The molecule has 8 nitrogen and oxygen atoms in total. The van der Waals surface area contributed by atoms with Gasteiger partial charge in [0.1, 0.15) is 5.75 Å². The number of sulfonamides is 1. The van der Waals surface area contributed by atoms with Crippen LogP contribution >= 0.6 is 0 Å². The number of aryl methyl sites for hydroxylation is 1. The van der Waals surface area contributed by atoms with Crippen LogP contribution in [0.5, 0.6) is 5.75 Å². The van der Waals surface area contributed by atoms with Crippen LogP contribution in [-0.4, -0.2) is 48.6 Å². The Balaban J connectivity index is 1.93. The van der Waals surface area contributed by atoms with Crippen LogP contribution < -0.4 is 10.1 Å². The summed E-state index contributed by atoms with van der Waals surface area (Å²) < 4.78 is 34.3. The van der Waals surface area contributed by atoms with Gasteiger partial charge < -0.3 is 10.1 Å². The molecule has 158 valence electrons. The van der Waals surface area contributed by atoms with Crippen molar-refractivity contribution in [2.24, 2.45) is 7.05 Å². The lowest BCUT2D eigenvalue weighted by molar-refractivity contribution is 0.0929. The molecule has 1 heterocycles. The zero-order valence-electron chi connectivity index (χ0n) is 17.3. The highest BCUT2D eigenvalue weighted by Crippen LogP contribution is 2.31. The van der Waals surface area contributed by atoms with E-state index in [1.807, 2.05) is 11.7 Å². The molecule has 9 heteroatoms. The molecular formula is C20H28N4O4S. The van der Waals surface area contributed by atoms with E-state index >= 15 is 0 Å². The first-order valence-corrected chi connectivity index (χ1v) is 11.3. The molecule has 1 aromatic carbocycles. The molecule has 1 atom stereocenters. The van der Waals surface area contributed by atoms with Gasteiger partial charge in [-0.3, -0.25) is 9.48 Å². The molecule has 1 amide bonds. The third kappa shape index (κ3) is 4.02. The molecular weight excluding hydrogens is 392 g/mol. The molecule has 1 unspecified atom stereocenters. The van der Waals surface area contributed by atoms with E-state index in [0.29, 0.717) is 18.8 Å². The topological polar surface area (TPSA) is 93.5 Å². The molecule has 0 saturated carbocycles. The molecule has 0 bridgehead atoms. The number of carbonyl (C=O) groups excluding carboxylic acids is 1. The highest BCUT2D eigenvalue weighted by atomic mass is 32.2. The van der Waals surface area contributed by atoms with Gasteiger partial charge in [0.05, 0.1) is 29.8 Å². The largest absolute Gasteiger partial charge is 0.496 e. The van der Waals surface area contributed by atoms with Crippen molar-refractivity contribution in [3.8, 4) is 5.75 Å². The number of amides is 1. The minimum Gasteiger partial charge on any atom is -0.496 e. The third-order valence-corrected chi connectivity index (χ3v) is 7.49. The molecule has 2 aromatic rings. The van der Waals surface area contributed by atoms with Gasteiger partial charge in [-0.25, -0.2) is 8.42 Å². The number of nitrogens with zero attached hydrogens (tertiary/aromatic N) is 3. The summed E-state index contributed by atoms with van der Waals surface area (Å²) in [5.74, 6) is -0.0247. The number of fused-ring (bicyclic) bond motifs is 1. The van der Waals surface area contributed by atoms with E-state index in [-0.39, 0.29) is 22.4 Å². The van der Waals surface area contributed by atoms with E-state index in [4.69, 9.17) is 4.74 Å². The monoisotopic (exact) mass is 420 g/mol. The molecule has 3 rings (SSSR count). The second-order valence-corrected chi connectivity index (χ2v) is 8.98. The maximum atomic E-state index is 13.1. The van der Waals surface area contributed by atoms with E-state index in [1.165, 1.54) is 29.6 Å². The first kappa shape index (κ1) is 21.3. The van der Waals surface area contributed by atoms with Gasteiger partial charge in [-0.2, -0.15) is 9.40 Å². The Morgan fingerprint density at radius 2 is 2.07 bits per heavy atom. The summed E-state index contributed by atoms with van der Waals surface area (Å²) in [6, 6.07) is 4.24. The summed E-state index contributed by atoms with van der Waals surface area (Å²) in [5, 5.41) is 7.34. The Kier molecular flexibility index (Phi) is 6.28. The zero-order valence-corrected chi connectivity index (χ0v) is 18.1. The molecule has 1 aliphatic rings. The lowest BCUT2D eigenvalue weighted by Gasteiger charge is -2.24. The van der Waals surface area contributed by atoms with Gasteiger partial charge >= 0.3 is 0 Å². The number of methoxy groups -OCH3 is 1. The number of benzene rings is 1. The normalized spacial score (nSPS) is 16.5. The van der Waals surface area contributed by atoms with Crippen LogP contribution in [0.15, 0.2) is 29.3 Å². The summed E-state index contributed by atoms with van der Waals surface area (Å²) in [6.45, 7) is 4.29. The minimum absolute atomic E-state index is 0.0814. The molecule has 0 fully saturated rings. The fourth-order valence-electron chi connectivity index (χ4n) is 3.83. The molecule has 0 aliphatic heterocycles. The quantitative estimate of drug-likeness (QED) is 0.742. The smallest absolute Gasteiger partial charge is 0.255 e. The van der Waals surface area contributed by atoms with Crippen LogP contribution in [0.3, 0.4) is 0 Å². The van der Waals surface area contributed by atoms with Gasteiger partial charge in [0.15, 0.2) is 0 Å². The van der Waals surface area contributed by atoms with Crippen molar-refractivity contribution in [3.63, 3.8) is 0 Å². The fraction of sp³-hybridized carbons (Fsp3) is 0.500. The second-order valence-electron chi connectivity index (χ2n) is 7.04. The van der Waals surface area contributed by atoms with Gasteiger partial charge in [0.25, 0.3) is 5.91 Å². The summed E-state index contributed by atoms with van der Waals surface area (Å²) in [5.41, 5.74) is 2.33. The molecule has 29 heavy (non-hydrogen) atoms. The van der Waals surface area contributed by atoms with Gasteiger partial charge in [0.2, 0.25) is 10.0 Å². The predicted octanol–water partition coefficient (Wildman–Crippen LogP) is 2.27. The number of hydrogen-bond acceptors (Lipinski definition) is 5. The Bertz CT molecular complexity index is 996. The molecule has 0 spiro atoms. The van der Waals surface area contributed by atoms with E-state index in [9.17, 15) is 13.2 Å². The Morgan fingerprint density at radius 3 is 2.72 bits per heavy atom. The molecule has 0 radical (unpaired) electrons. The molecule has 1 N–H and O–H groups in total. The highest BCUT2D eigenvalue weighted by molar-refractivity contribution is 7.89. The summed E-state index contributed by atoms with van der Waals surface area (Å²) in [6.07, 6.45) is 4.48. The maximum Gasteiger partial charge on any atom is 0.255 e. The Morgan fingerprint density at radius 1 is 1.34 bits per heavy atom. The molecule has 1 aromatic heterocycles. The average molecular weight is 421 g/mol. The molecule has 1 aliphatic carbocycles. The average Bonchev–Trinajstić information content (AvgIpc) is 3.10. The maximum absolute atomic E-state index is 13.1. The summed E-state index contributed by atoms with van der Waals surface area (Å²) in [4.78, 5) is 13.2. The number of carbonyl (C=O) groups is 1.